The van der Waals surface area contributed by atoms with E-state index in [1.165, 1.54) is 13.0 Å². The molecule has 11 heavy (non-hydrogen) atoms. The van der Waals surface area contributed by atoms with Crippen LogP contribution >= 0.6 is 0 Å². The van der Waals surface area contributed by atoms with Gasteiger partial charge in [-0.1, -0.05) is 13.8 Å². The maximum absolute atomic E-state index is 3.47. The van der Waals surface area contributed by atoms with Crippen molar-refractivity contribution in [3.8, 4) is 0 Å². The number of nitrogens with zero attached hydrogens (tertiary/aromatic N) is 1. The number of hydrogen-bond donors (Lipinski definition) is 1. The lowest BCUT2D eigenvalue weighted by atomic mass is 9.88. The Morgan fingerprint density at radius 2 is 2.09 bits per heavy atom. The Morgan fingerprint density at radius 1 is 1.45 bits per heavy atom. The van der Waals surface area contributed by atoms with Crippen LogP contribution in [0, 0.1) is 10.8 Å². The van der Waals surface area contributed by atoms with Gasteiger partial charge in [-0.3, -0.25) is 5.43 Å². The van der Waals surface area contributed by atoms with E-state index in [0.29, 0.717) is 16.9 Å². The molecular formula is C9H18N2. The van der Waals surface area contributed by atoms with E-state index >= 15 is 0 Å². The molecule has 1 heterocycles. The van der Waals surface area contributed by atoms with Gasteiger partial charge in [0.05, 0.1) is 0 Å². The van der Waals surface area contributed by atoms with Crippen LogP contribution in [-0.4, -0.2) is 24.6 Å². The number of nitrogens with one attached hydrogen (secondary N) is 1. The van der Waals surface area contributed by atoms with Gasteiger partial charge in [-0.2, -0.15) is 0 Å². The number of rotatable bonds is 0. The second-order valence-corrected chi connectivity index (χ2v) is 4.86. The second kappa shape index (κ2) is 1.80. The van der Waals surface area contributed by atoms with Gasteiger partial charge in [0.25, 0.3) is 0 Å². The summed E-state index contributed by atoms with van der Waals surface area (Å²) in [5.74, 6) is 0. The van der Waals surface area contributed by atoms with Crippen LogP contribution in [0.25, 0.3) is 0 Å². The Labute approximate surface area is 68.9 Å². The van der Waals surface area contributed by atoms with Gasteiger partial charge in [0.1, 0.15) is 0 Å². The minimum absolute atomic E-state index is 0.569. The SMILES string of the molecule is CC1NN(C)CC2(C)CC12C. The summed E-state index contributed by atoms with van der Waals surface area (Å²) in [4.78, 5) is 0. The maximum atomic E-state index is 3.47. The molecule has 2 heteroatoms. The minimum Gasteiger partial charge on any atom is -0.252 e. The molecule has 1 N–H and O–H groups in total. The van der Waals surface area contributed by atoms with Crippen LogP contribution in [0.5, 0.6) is 0 Å². The molecule has 1 saturated carbocycles. The van der Waals surface area contributed by atoms with Gasteiger partial charge in [0, 0.05) is 19.6 Å². The summed E-state index contributed by atoms with van der Waals surface area (Å²) in [6.45, 7) is 8.30. The predicted molar refractivity (Wildman–Crippen MR) is 46.1 cm³/mol. The Kier molecular flexibility index (Phi) is 1.24. The number of fused-ring (bicyclic) bond motifs is 1. The van der Waals surface area contributed by atoms with E-state index in [0.717, 1.165) is 0 Å². The highest BCUT2D eigenvalue weighted by molar-refractivity contribution is 5.16. The Bertz CT molecular complexity index is 192. The molecule has 2 aliphatic rings. The van der Waals surface area contributed by atoms with Crippen LogP contribution < -0.4 is 5.43 Å². The molecular weight excluding hydrogens is 136 g/mol. The molecule has 3 unspecified atom stereocenters. The van der Waals surface area contributed by atoms with Crippen molar-refractivity contribution in [2.24, 2.45) is 10.8 Å². The highest BCUT2D eigenvalue weighted by Crippen LogP contribution is 2.66. The highest BCUT2D eigenvalue weighted by atomic mass is 15.5. The van der Waals surface area contributed by atoms with E-state index in [2.05, 4.69) is 38.3 Å². The van der Waals surface area contributed by atoms with E-state index in [9.17, 15) is 0 Å². The molecule has 1 aliphatic carbocycles. The fraction of sp³-hybridized carbons (Fsp3) is 1.00. The lowest BCUT2D eigenvalue weighted by Crippen LogP contribution is -2.53. The molecule has 0 aromatic heterocycles. The third kappa shape index (κ3) is 0.798. The summed E-state index contributed by atoms with van der Waals surface area (Å²) in [7, 11) is 2.14. The molecule has 0 bridgehead atoms. The molecule has 1 aliphatic heterocycles. The van der Waals surface area contributed by atoms with Crippen LogP contribution in [0.3, 0.4) is 0 Å². The Hall–Kier alpha value is -0.0800. The molecule has 3 atom stereocenters. The van der Waals surface area contributed by atoms with E-state index in [-0.39, 0.29) is 0 Å². The Morgan fingerprint density at radius 3 is 2.64 bits per heavy atom. The lowest BCUT2D eigenvalue weighted by Gasteiger charge is -2.38. The second-order valence-electron chi connectivity index (χ2n) is 4.86. The van der Waals surface area contributed by atoms with Crippen molar-refractivity contribution in [2.75, 3.05) is 13.6 Å². The molecule has 2 fully saturated rings. The van der Waals surface area contributed by atoms with Crippen molar-refractivity contribution in [1.29, 1.82) is 0 Å². The van der Waals surface area contributed by atoms with Crippen LogP contribution in [-0.2, 0) is 0 Å². The number of hydrogen-bond acceptors (Lipinski definition) is 2. The van der Waals surface area contributed by atoms with Crippen LogP contribution in [0.15, 0.2) is 0 Å². The summed E-state index contributed by atoms with van der Waals surface area (Å²) in [6.07, 6.45) is 1.39. The van der Waals surface area contributed by atoms with Gasteiger partial charge >= 0.3 is 0 Å². The van der Waals surface area contributed by atoms with Gasteiger partial charge < -0.3 is 0 Å². The third-order valence-electron chi connectivity index (χ3n) is 3.97. The van der Waals surface area contributed by atoms with Crippen molar-refractivity contribution in [2.45, 2.75) is 33.2 Å². The monoisotopic (exact) mass is 154 g/mol. The van der Waals surface area contributed by atoms with Gasteiger partial charge in [-0.05, 0) is 24.2 Å². The molecule has 0 spiro atoms. The van der Waals surface area contributed by atoms with Crippen LogP contribution in [0.1, 0.15) is 27.2 Å². The summed E-state index contributed by atoms with van der Waals surface area (Å²) in [5.41, 5.74) is 4.63. The van der Waals surface area contributed by atoms with E-state index in [4.69, 9.17) is 0 Å². The molecule has 64 valence electrons. The smallest absolute Gasteiger partial charge is 0.0246 e. The lowest BCUT2D eigenvalue weighted by molar-refractivity contribution is 0.0703. The Balaban J connectivity index is 2.19. The van der Waals surface area contributed by atoms with Gasteiger partial charge in [-0.15, -0.1) is 0 Å². The molecule has 0 aromatic rings. The third-order valence-corrected chi connectivity index (χ3v) is 3.97. The van der Waals surface area contributed by atoms with Crippen LogP contribution in [0.4, 0.5) is 0 Å². The molecule has 0 amide bonds. The average Bonchev–Trinajstić information content (AvgIpc) is 2.34. The van der Waals surface area contributed by atoms with Crippen molar-refractivity contribution < 1.29 is 0 Å². The minimum atomic E-state index is 0.569. The zero-order valence-electron chi connectivity index (χ0n) is 7.94. The molecule has 0 aromatic carbocycles. The number of hydrazine groups is 1. The van der Waals surface area contributed by atoms with E-state index in [1.54, 1.807) is 0 Å². The fourth-order valence-electron chi connectivity index (χ4n) is 2.72. The van der Waals surface area contributed by atoms with Gasteiger partial charge in [-0.25, -0.2) is 5.01 Å². The summed E-state index contributed by atoms with van der Waals surface area (Å²) >= 11 is 0. The zero-order valence-corrected chi connectivity index (χ0v) is 7.94. The van der Waals surface area contributed by atoms with Gasteiger partial charge in [0.2, 0.25) is 0 Å². The van der Waals surface area contributed by atoms with Crippen molar-refractivity contribution in [1.82, 2.24) is 10.4 Å². The van der Waals surface area contributed by atoms with E-state index in [1.807, 2.05) is 0 Å². The first-order chi connectivity index (χ1) is 4.98. The van der Waals surface area contributed by atoms with Crippen molar-refractivity contribution >= 4 is 0 Å². The highest BCUT2D eigenvalue weighted by Gasteiger charge is 2.65. The van der Waals surface area contributed by atoms with Crippen molar-refractivity contribution in [3.05, 3.63) is 0 Å². The molecule has 1 saturated heterocycles. The molecule has 2 rings (SSSR count). The first-order valence-corrected chi connectivity index (χ1v) is 4.45. The summed E-state index contributed by atoms with van der Waals surface area (Å²) in [6, 6.07) is 0.645. The standard InChI is InChI=1S/C9H18N2/c1-7-9(3)5-8(9,2)6-11(4)10-7/h7,10H,5-6H2,1-4H3. The summed E-state index contributed by atoms with van der Waals surface area (Å²) < 4.78 is 0. The normalized spacial score (nSPS) is 57.3. The topological polar surface area (TPSA) is 15.3 Å². The zero-order chi connectivity index (χ0) is 8.28. The first kappa shape index (κ1) is 7.56. The average molecular weight is 154 g/mol. The van der Waals surface area contributed by atoms with Crippen LogP contribution in [0.2, 0.25) is 0 Å². The molecule has 2 nitrogen and oxygen atoms in total. The first-order valence-electron chi connectivity index (χ1n) is 4.45. The largest absolute Gasteiger partial charge is 0.252 e. The predicted octanol–water partition coefficient (Wildman–Crippen LogP) is 1.24. The van der Waals surface area contributed by atoms with E-state index < -0.39 is 0 Å². The fourth-order valence-corrected chi connectivity index (χ4v) is 2.72. The van der Waals surface area contributed by atoms with Crippen molar-refractivity contribution in [3.63, 3.8) is 0 Å². The maximum Gasteiger partial charge on any atom is 0.0246 e. The van der Waals surface area contributed by atoms with Gasteiger partial charge in [0.15, 0.2) is 0 Å². The molecule has 0 radical (unpaired) electrons. The summed E-state index contributed by atoms with van der Waals surface area (Å²) in [5, 5.41) is 2.24. The quantitative estimate of drug-likeness (QED) is 0.565.